The van der Waals surface area contributed by atoms with Crippen molar-refractivity contribution in [1.29, 1.82) is 0 Å². The maximum absolute atomic E-state index is 10.8. The SMILES string of the molecule is O=C1COc2ccccc2N1.O=c1[nH]nc2ccccn12.c1ccc2[nH]ccc2c1.c1ccc2[nH]cnc2c1.c1ccc2[nH]ncc2c1.c1ccc2[nH]ncc2c1.c1ccc2c(c1)NCCO2.c1ccc2n[nH]nc2c1.c1ccc2nccnc2c1.c1ccc2ncncc2c1.c1ccc2ocnc2c1.c1ccn2ccnc2c1.c1ccn2cnnc2c1.c1ccn2ncnc2c1.c1cn2ccnc2cn1.c1cnc2nc[nH]c2c1. The molecular weight excluding hydrogens is 1890 g/mol. The summed E-state index contributed by atoms with van der Waals surface area (Å²) < 4.78 is 24.4. The van der Waals surface area contributed by atoms with Gasteiger partial charge in [0.15, 0.2) is 46.8 Å². The van der Waals surface area contributed by atoms with Gasteiger partial charge in [-0.1, -0.05) is 170 Å². The first-order chi connectivity index (χ1) is 74.3. The van der Waals surface area contributed by atoms with E-state index in [1.807, 2.05) is 378 Å². The molecule has 1 amide bonds. The average Bonchev–Trinajstić information content (AvgIpc) is 1.68. The monoisotopic (exact) mass is 1980 g/mol. The van der Waals surface area contributed by atoms with Crippen molar-refractivity contribution in [2.45, 2.75) is 0 Å². The molecule has 0 radical (unpaired) electrons. The number of para-hydroxylation sites is 16. The summed E-state index contributed by atoms with van der Waals surface area (Å²) >= 11 is 0. The molecule has 0 unspecified atom stereocenters. The van der Waals surface area contributed by atoms with E-state index in [0.717, 1.165) is 147 Å². The van der Waals surface area contributed by atoms with Crippen molar-refractivity contribution < 1.29 is 18.7 Å². The lowest BCUT2D eigenvalue weighted by Gasteiger charge is -2.17. The van der Waals surface area contributed by atoms with E-state index in [1.54, 1.807) is 91.5 Å². The van der Waals surface area contributed by atoms with E-state index >= 15 is 0 Å². The number of amides is 1. The molecule has 0 fully saturated rings. The van der Waals surface area contributed by atoms with Crippen LogP contribution in [-0.2, 0) is 4.79 Å². The molecule has 2 aliphatic rings. The fraction of sp³-hybridized carbons (Fsp3) is 0.0270. The number of hydrogen-bond acceptors (Lipinski definition) is 26. The predicted octanol–water partition coefficient (Wildman–Crippen LogP) is 19.9. The second-order valence-corrected chi connectivity index (χ2v) is 31.2. The van der Waals surface area contributed by atoms with Crippen LogP contribution in [0.25, 0.3) is 127 Å². The Hall–Kier alpha value is -21.8. The molecule has 39 nitrogen and oxygen atoms in total. The fourth-order valence-electron chi connectivity index (χ4n) is 14.0. The third kappa shape index (κ3) is 29.4. The van der Waals surface area contributed by atoms with Gasteiger partial charge in [-0.25, -0.2) is 59.3 Å². The van der Waals surface area contributed by atoms with Gasteiger partial charge in [0.25, 0.3) is 5.91 Å². The number of aromatic amines is 7. The molecule has 0 bridgehead atoms. The highest BCUT2D eigenvalue weighted by Gasteiger charge is 2.14. The number of pyridine rings is 5. The number of carbonyl (C=O) groups excluding carboxylic acids is 1. The highest BCUT2D eigenvalue weighted by molar-refractivity contribution is 5.95. The lowest BCUT2D eigenvalue weighted by atomic mass is 10.2. The molecule has 2 aliphatic heterocycles. The van der Waals surface area contributed by atoms with Crippen molar-refractivity contribution in [2.24, 2.45) is 0 Å². The van der Waals surface area contributed by atoms with Gasteiger partial charge in [-0.15, -0.1) is 10.2 Å². The van der Waals surface area contributed by atoms with Crippen molar-refractivity contribution in [1.82, 2.24) is 158 Å². The molecular formula is C111H94N34O5. The predicted molar refractivity (Wildman–Crippen MR) is 578 cm³/mol. The van der Waals surface area contributed by atoms with E-state index in [2.05, 4.69) is 165 Å². The summed E-state index contributed by atoms with van der Waals surface area (Å²) in [5.74, 6) is 1.62. The van der Waals surface area contributed by atoms with Crippen molar-refractivity contribution in [3.8, 4) is 11.5 Å². The Balaban J connectivity index is 0.000000109. The highest BCUT2D eigenvalue weighted by Crippen LogP contribution is 2.27. The zero-order chi connectivity index (χ0) is 102. The van der Waals surface area contributed by atoms with Gasteiger partial charge in [0.05, 0.1) is 86.8 Å². The van der Waals surface area contributed by atoms with E-state index in [0.29, 0.717) is 5.65 Å². The van der Waals surface area contributed by atoms with Crippen LogP contribution in [0.2, 0.25) is 0 Å². The van der Waals surface area contributed by atoms with Crippen LogP contribution < -0.4 is 25.8 Å². The molecule has 10 aromatic carbocycles. The molecule has 20 aromatic heterocycles. The van der Waals surface area contributed by atoms with Crippen LogP contribution in [0.5, 0.6) is 11.5 Å². The molecule has 150 heavy (non-hydrogen) atoms. The van der Waals surface area contributed by atoms with Crippen molar-refractivity contribution in [3.05, 3.63) is 494 Å². The van der Waals surface area contributed by atoms with Crippen LogP contribution in [-0.4, -0.2) is 184 Å². The summed E-state index contributed by atoms with van der Waals surface area (Å²) in [6.07, 6.45) is 42.1. The number of ether oxygens (including phenoxy) is 2. The average molecular weight is 1980 g/mol. The Labute approximate surface area is 852 Å². The summed E-state index contributed by atoms with van der Waals surface area (Å²) in [6, 6.07) is 107. The van der Waals surface area contributed by atoms with Gasteiger partial charge in [-0.05, 0) is 169 Å². The van der Waals surface area contributed by atoms with Gasteiger partial charge in [0.1, 0.15) is 59.3 Å². The largest absolute Gasteiger partial charge is 0.490 e. The molecule has 32 rings (SSSR count). The Morgan fingerprint density at radius 1 is 0.327 bits per heavy atom. The van der Waals surface area contributed by atoms with Crippen molar-refractivity contribution in [3.63, 3.8) is 0 Å². The van der Waals surface area contributed by atoms with Gasteiger partial charge in [-0.3, -0.25) is 38.7 Å². The maximum atomic E-state index is 10.8. The molecule has 0 spiro atoms. The first kappa shape index (κ1) is 99.7. The number of carbonyl (C=O) groups is 1. The second kappa shape index (κ2) is 53.7. The fourth-order valence-corrected chi connectivity index (χ4v) is 14.0. The van der Waals surface area contributed by atoms with E-state index < -0.39 is 0 Å². The number of H-pyrrole nitrogens is 7. The molecule has 0 atom stereocenters. The van der Waals surface area contributed by atoms with Crippen LogP contribution in [0, 0.1) is 0 Å². The number of nitrogens with zero attached hydrogens (tertiary/aromatic N) is 25. The number of benzene rings is 10. The minimum atomic E-state index is -0.199. The van der Waals surface area contributed by atoms with Crippen LogP contribution in [0.1, 0.15) is 0 Å². The number of nitrogens with one attached hydrogen (secondary N) is 9. The molecule has 39 heteroatoms. The third-order valence-corrected chi connectivity index (χ3v) is 21.2. The zero-order valence-electron chi connectivity index (χ0n) is 80.0. The Kier molecular flexibility index (Phi) is 35.7. The first-order valence-electron chi connectivity index (χ1n) is 46.6. The maximum Gasteiger partial charge on any atom is 0.347 e. The van der Waals surface area contributed by atoms with E-state index in [4.69, 9.17) is 13.9 Å². The van der Waals surface area contributed by atoms with Crippen LogP contribution in [0.15, 0.2) is 492 Å². The number of rotatable bonds is 0. The topological polar surface area (TPSA) is 480 Å². The first-order valence-corrected chi connectivity index (χ1v) is 46.6. The summed E-state index contributed by atoms with van der Waals surface area (Å²) in [4.78, 5) is 78.8. The molecule has 738 valence electrons. The van der Waals surface area contributed by atoms with Crippen LogP contribution >= 0.6 is 0 Å². The summed E-state index contributed by atoms with van der Waals surface area (Å²) in [7, 11) is 0. The molecule has 0 saturated carbocycles. The molecule has 0 aliphatic carbocycles. The summed E-state index contributed by atoms with van der Waals surface area (Å²) in [5, 5.41) is 52.0. The zero-order valence-corrected chi connectivity index (χ0v) is 80.0. The standard InChI is InChI=1S/2C8H6N2.C8H7NO2.C8H9NO.C8H7N.4C7H6N2.C7H5NO.C6H5N3O.5C6H5N3/c1-2-4-8-7(3-1)5-9-6-10-8;1-2-4-8-7(3-1)9-5-6-10-8;10-8-5-11-7-4-2-1-3-6(7)9-8;1-2-4-8-7(3-1)9-5-6-10-8;1-2-4-8-7(3-1)5-6-9-8;1-2-5-9-6-4-8-7(9)3-1;1-2-4-7-6(3-1)8-5-9-7;2*1-2-4-7-6(3-1)5-8-9-7;1-2-4-7-6(3-1)8-5-9-7;10-6-8-7-5-3-1-2-4-9(5)6;1-3-9-4-2-8-6(9)5-7-1;1-2-5-6(7-3-1)9-4-8-5;1-2-4-9-5-7-8-6(9)3-1;1-2-4-9-6(3-1)7-5-8-9;1-2-4-6-5(3-1)7-9-8-6/h2*1-6H;1-4H,5H2,(H,9,10);1-4,9H,5-6H2;1-6,9H;1-6H;3*1-5H,(H,8,9);1-5H;1-4H,(H,8,10);1-5H;1-4H,(H,7,8,9);2*1-5H;1-4H,(H,7,8,9). The van der Waals surface area contributed by atoms with Crippen LogP contribution in [0.3, 0.4) is 0 Å². The smallest absolute Gasteiger partial charge is 0.347 e. The molecule has 22 heterocycles. The number of oxazole rings is 1. The Morgan fingerprint density at radius 2 is 0.893 bits per heavy atom. The van der Waals surface area contributed by atoms with Gasteiger partial charge >= 0.3 is 5.69 Å². The van der Waals surface area contributed by atoms with Gasteiger partial charge < -0.3 is 48.3 Å². The number of fused-ring (bicyclic) bond motifs is 16. The quantitative estimate of drug-likeness (QED) is 0.0681. The second-order valence-electron chi connectivity index (χ2n) is 31.2. The van der Waals surface area contributed by atoms with E-state index in [-0.39, 0.29) is 18.2 Å². The van der Waals surface area contributed by atoms with Crippen molar-refractivity contribution in [2.75, 3.05) is 30.4 Å². The minimum Gasteiger partial charge on any atom is -0.490 e. The molecule has 0 saturated heterocycles. The van der Waals surface area contributed by atoms with Gasteiger partial charge in [-0.2, -0.15) is 35.8 Å². The van der Waals surface area contributed by atoms with Gasteiger partial charge in [0, 0.05) is 121 Å². The number of imidazole rings is 4. The number of aromatic nitrogens is 32. The van der Waals surface area contributed by atoms with Crippen molar-refractivity contribution >= 4 is 144 Å². The number of anilines is 2. The number of hydrogen-bond donors (Lipinski definition) is 9. The van der Waals surface area contributed by atoms with E-state index in [1.165, 1.54) is 28.0 Å². The lowest BCUT2D eigenvalue weighted by Crippen LogP contribution is -2.25. The Bertz CT molecular complexity index is 7490. The van der Waals surface area contributed by atoms with E-state index in [9.17, 15) is 9.59 Å². The third-order valence-electron chi connectivity index (χ3n) is 21.2. The normalized spacial score (nSPS) is 10.8. The highest BCUT2D eigenvalue weighted by atomic mass is 16.5. The van der Waals surface area contributed by atoms with Crippen LogP contribution in [0.4, 0.5) is 11.4 Å². The summed E-state index contributed by atoms with van der Waals surface area (Å²) in [5.41, 5.74) is 19.7. The summed E-state index contributed by atoms with van der Waals surface area (Å²) in [6.45, 7) is 1.81. The molecule has 9 N–H and O–H groups in total. The Morgan fingerprint density at radius 3 is 1.57 bits per heavy atom. The minimum absolute atomic E-state index is 0.0938. The molecule has 30 aromatic rings. The lowest BCUT2D eigenvalue weighted by molar-refractivity contribution is -0.118. The van der Waals surface area contributed by atoms with Gasteiger partial charge in [0.2, 0.25) is 0 Å².